The zero-order chi connectivity index (χ0) is 11.4. The molecule has 0 spiro atoms. The highest BCUT2D eigenvalue weighted by Gasteiger charge is 2.18. The van der Waals surface area contributed by atoms with Crippen molar-refractivity contribution in [3.8, 4) is 0 Å². The van der Waals surface area contributed by atoms with Crippen molar-refractivity contribution < 1.29 is 9.53 Å². The molecule has 5 heteroatoms. The largest absolute Gasteiger partial charge is 0.378 e. The summed E-state index contributed by atoms with van der Waals surface area (Å²) in [6.07, 6.45) is 0. The van der Waals surface area contributed by atoms with Gasteiger partial charge in [-0.2, -0.15) is 0 Å². The quantitative estimate of drug-likeness (QED) is 0.562. The molecule has 0 aromatic heterocycles. The van der Waals surface area contributed by atoms with Crippen LogP contribution < -0.4 is 11.3 Å². The van der Waals surface area contributed by atoms with Crippen molar-refractivity contribution in [1.29, 1.82) is 0 Å². The molecule has 0 atom stereocenters. The van der Waals surface area contributed by atoms with Crippen LogP contribution in [0.1, 0.15) is 10.4 Å². The van der Waals surface area contributed by atoms with Crippen LogP contribution in [0.15, 0.2) is 24.3 Å². The first-order chi connectivity index (χ1) is 7.81. The van der Waals surface area contributed by atoms with Crippen LogP contribution in [-0.2, 0) is 4.74 Å². The van der Waals surface area contributed by atoms with Crippen LogP contribution in [0.4, 0.5) is 5.69 Å². The summed E-state index contributed by atoms with van der Waals surface area (Å²) in [6.45, 7) is 2.53. The van der Waals surface area contributed by atoms with Crippen LogP contribution in [-0.4, -0.2) is 37.1 Å². The molecule has 1 aliphatic heterocycles. The van der Waals surface area contributed by atoms with Crippen LogP contribution in [0.5, 0.6) is 0 Å². The van der Waals surface area contributed by atoms with Gasteiger partial charge in [-0.1, -0.05) is 6.07 Å². The molecule has 3 N–H and O–H groups in total. The number of hydrogen-bond donors (Lipinski definition) is 2. The molecule has 1 aliphatic rings. The van der Waals surface area contributed by atoms with Crippen LogP contribution in [0.25, 0.3) is 0 Å². The van der Waals surface area contributed by atoms with Gasteiger partial charge in [0, 0.05) is 24.3 Å². The van der Waals surface area contributed by atoms with Crippen molar-refractivity contribution in [2.45, 2.75) is 0 Å². The zero-order valence-corrected chi connectivity index (χ0v) is 8.98. The first kappa shape index (κ1) is 10.9. The fraction of sp³-hybridized carbons (Fsp3) is 0.364. The van der Waals surface area contributed by atoms with Crippen molar-refractivity contribution in [3.63, 3.8) is 0 Å². The summed E-state index contributed by atoms with van der Waals surface area (Å²) in [7, 11) is 0. The summed E-state index contributed by atoms with van der Waals surface area (Å²) in [6, 6.07) is 7.16. The zero-order valence-electron chi connectivity index (χ0n) is 8.98. The van der Waals surface area contributed by atoms with Gasteiger partial charge in [0.25, 0.3) is 5.91 Å². The number of nitrogens with one attached hydrogen (secondary N) is 1. The third-order valence-electron chi connectivity index (χ3n) is 2.57. The highest BCUT2D eigenvalue weighted by molar-refractivity contribution is 5.95. The van der Waals surface area contributed by atoms with E-state index in [0.717, 1.165) is 5.69 Å². The second-order valence-corrected chi connectivity index (χ2v) is 3.63. The normalized spacial score (nSPS) is 15.9. The number of morpholine rings is 1. The van der Waals surface area contributed by atoms with Crippen LogP contribution >= 0.6 is 0 Å². The number of amides is 1. The lowest BCUT2D eigenvalue weighted by Crippen LogP contribution is -2.40. The van der Waals surface area contributed by atoms with Crippen molar-refractivity contribution in [2.75, 3.05) is 31.7 Å². The fourth-order valence-corrected chi connectivity index (χ4v) is 1.69. The molecule has 86 valence electrons. The Morgan fingerprint density at radius 2 is 2.12 bits per heavy atom. The molecule has 2 rings (SSSR count). The predicted octanol–water partition coefficient (Wildman–Crippen LogP) is 0.445. The Morgan fingerprint density at radius 3 is 2.81 bits per heavy atom. The topological polar surface area (TPSA) is 67.6 Å². The fourth-order valence-electron chi connectivity index (χ4n) is 1.69. The summed E-state index contributed by atoms with van der Waals surface area (Å²) >= 11 is 0. The molecule has 1 fully saturated rings. The van der Waals surface area contributed by atoms with Gasteiger partial charge in [0.2, 0.25) is 0 Å². The van der Waals surface area contributed by atoms with Gasteiger partial charge in [-0.25, -0.2) is 0 Å². The number of ether oxygens (including phenoxy) is 1. The second kappa shape index (κ2) is 4.96. The van der Waals surface area contributed by atoms with Gasteiger partial charge in [-0.15, -0.1) is 0 Å². The number of nitrogens with zero attached hydrogens (tertiary/aromatic N) is 1. The molecule has 16 heavy (non-hydrogen) atoms. The number of carbonyl (C=O) groups is 1. The molecule has 0 bridgehead atoms. The van der Waals surface area contributed by atoms with E-state index in [9.17, 15) is 4.79 Å². The number of carbonyl (C=O) groups excluding carboxylic acids is 1. The molecule has 0 radical (unpaired) electrons. The van der Waals surface area contributed by atoms with Crippen molar-refractivity contribution in [3.05, 3.63) is 29.8 Å². The molecule has 1 saturated heterocycles. The predicted molar refractivity (Wildman–Crippen MR) is 61.0 cm³/mol. The lowest BCUT2D eigenvalue weighted by molar-refractivity contribution is 0.0303. The lowest BCUT2D eigenvalue weighted by atomic mass is 10.1. The van der Waals surface area contributed by atoms with Gasteiger partial charge in [-0.3, -0.25) is 10.6 Å². The van der Waals surface area contributed by atoms with E-state index in [2.05, 4.69) is 5.43 Å². The average molecular weight is 221 g/mol. The summed E-state index contributed by atoms with van der Waals surface area (Å²) < 4.78 is 5.20. The Bertz CT molecular complexity index is 375. The van der Waals surface area contributed by atoms with Crippen molar-refractivity contribution >= 4 is 11.6 Å². The van der Waals surface area contributed by atoms with Gasteiger partial charge in [0.15, 0.2) is 0 Å². The SMILES string of the molecule is NNc1cccc(C(=O)N2CCOCC2)c1. The highest BCUT2D eigenvalue weighted by atomic mass is 16.5. The summed E-state index contributed by atoms with van der Waals surface area (Å²) in [4.78, 5) is 13.9. The van der Waals surface area contributed by atoms with Crippen molar-refractivity contribution in [1.82, 2.24) is 4.90 Å². The molecule has 1 aromatic rings. The minimum absolute atomic E-state index is 0.0281. The minimum Gasteiger partial charge on any atom is -0.378 e. The van der Waals surface area contributed by atoms with Gasteiger partial charge in [0.1, 0.15) is 0 Å². The molecule has 1 heterocycles. The van der Waals surface area contributed by atoms with Gasteiger partial charge < -0.3 is 15.1 Å². The first-order valence-corrected chi connectivity index (χ1v) is 5.25. The third-order valence-corrected chi connectivity index (χ3v) is 2.57. The van der Waals surface area contributed by atoms with E-state index in [-0.39, 0.29) is 5.91 Å². The number of hydrogen-bond acceptors (Lipinski definition) is 4. The number of nitrogen functional groups attached to an aromatic ring is 1. The highest BCUT2D eigenvalue weighted by Crippen LogP contribution is 2.12. The number of nitrogens with two attached hydrogens (primary N) is 1. The smallest absolute Gasteiger partial charge is 0.254 e. The van der Waals surface area contributed by atoms with E-state index in [1.807, 2.05) is 12.1 Å². The standard InChI is InChI=1S/C11H15N3O2/c12-13-10-3-1-2-9(8-10)11(15)14-4-6-16-7-5-14/h1-3,8,13H,4-7,12H2. The molecule has 0 aliphatic carbocycles. The van der Waals surface area contributed by atoms with E-state index < -0.39 is 0 Å². The van der Waals surface area contributed by atoms with Crippen molar-refractivity contribution in [2.24, 2.45) is 5.84 Å². The van der Waals surface area contributed by atoms with Crippen LogP contribution in [0.2, 0.25) is 0 Å². The summed E-state index contributed by atoms with van der Waals surface area (Å²) in [5, 5.41) is 0. The Hall–Kier alpha value is -1.59. The second-order valence-electron chi connectivity index (χ2n) is 3.63. The molecule has 1 aromatic carbocycles. The maximum absolute atomic E-state index is 12.1. The summed E-state index contributed by atoms with van der Waals surface area (Å²) in [5.74, 6) is 5.33. The first-order valence-electron chi connectivity index (χ1n) is 5.25. The number of anilines is 1. The molecular formula is C11H15N3O2. The maximum Gasteiger partial charge on any atom is 0.254 e. The number of rotatable bonds is 2. The molecule has 0 saturated carbocycles. The van der Waals surface area contributed by atoms with Crippen LogP contribution in [0.3, 0.4) is 0 Å². The monoisotopic (exact) mass is 221 g/mol. The Labute approximate surface area is 94.1 Å². The van der Waals surface area contributed by atoms with Crippen LogP contribution in [0, 0.1) is 0 Å². The lowest BCUT2D eigenvalue weighted by Gasteiger charge is -2.26. The van der Waals surface area contributed by atoms with Gasteiger partial charge >= 0.3 is 0 Å². The number of hydrazine groups is 1. The van der Waals surface area contributed by atoms with Gasteiger partial charge in [-0.05, 0) is 18.2 Å². The van der Waals surface area contributed by atoms with E-state index in [1.165, 1.54) is 0 Å². The molecule has 0 unspecified atom stereocenters. The number of benzene rings is 1. The van der Waals surface area contributed by atoms with Gasteiger partial charge in [0.05, 0.1) is 13.2 Å². The average Bonchev–Trinajstić information content (AvgIpc) is 2.39. The van der Waals surface area contributed by atoms with E-state index in [0.29, 0.717) is 31.9 Å². The molecule has 1 amide bonds. The Balaban J connectivity index is 2.12. The molecule has 5 nitrogen and oxygen atoms in total. The summed E-state index contributed by atoms with van der Waals surface area (Å²) in [5.41, 5.74) is 3.92. The maximum atomic E-state index is 12.1. The van der Waals surface area contributed by atoms with E-state index in [1.54, 1.807) is 17.0 Å². The minimum atomic E-state index is 0.0281. The Kier molecular flexibility index (Phi) is 3.38. The Morgan fingerprint density at radius 1 is 1.38 bits per heavy atom. The van der Waals surface area contributed by atoms with E-state index >= 15 is 0 Å². The molecular weight excluding hydrogens is 206 g/mol. The third kappa shape index (κ3) is 2.32. The van der Waals surface area contributed by atoms with E-state index in [4.69, 9.17) is 10.6 Å².